The zero-order valence-corrected chi connectivity index (χ0v) is 19.4. The molecule has 1 amide bonds. The van der Waals surface area contributed by atoms with E-state index in [0.717, 1.165) is 12.8 Å². The largest absolute Gasteiger partial charge is 0.337 e. The molecule has 0 aromatic rings. The summed E-state index contributed by atoms with van der Waals surface area (Å²) in [7, 11) is 0. The summed E-state index contributed by atoms with van der Waals surface area (Å²) in [4.78, 5) is 12.1. The number of hydrogen-bond donors (Lipinski definition) is 2. The number of carbonyl (C=O) groups excluding carboxylic acids is 1. The van der Waals surface area contributed by atoms with Crippen LogP contribution in [0.2, 0.25) is 0 Å². The Morgan fingerprint density at radius 3 is 1.62 bits per heavy atom. The van der Waals surface area contributed by atoms with Gasteiger partial charge in [0.2, 0.25) is 9.70 Å². The van der Waals surface area contributed by atoms with E-state index in [1.54, 1.807) is 0 Å². The van der Waals surface area contributed by atoms with Crippen molar-refractivity contribution in [3.63, 3.8) is 0 Å². The second kappa shape index (κ2) is 14.3. The molecule has 0 rings (SSSR count). The molecule has 0 aromatic heterocycles. The molecule has 3 nitrogen and oxygen atoms in total. The number of unbranched alkanes of at least 4 members (excludes halogenated alkanes) is 10. The van der Waals surface area contributed by atoms with Crippen molar-refractivity contribution in [2.24, 2.45) is 0 Å². The first-order chi connectivity index (χ1) is 12.1. The highest BCUT2D eigenvalue weighted by molar-refractivity contribution is 6.68. The van der Waals surface area contributed by atoms with Crippen molar-refractivity contribution < 1.29 is 4.79 Å². The number of rotatable bonds is 14. The van der Waals surface area contributed by atoms with Crippen LogP contribution in [-0.2, 0) is 4.79 Å². The lowest BCUT2D eigenvalue weighted by molar-refractivity contribution is -0.122. The standard InChI is InChI=1S/C20H39Cl3N2O/c1-5-6-7-8-9-10-11-12-13-14-15-16-17(26)24-18(20(21,22)23)25-19(2,3)4/h18,25H,5-16H2,1-4H3,(H,24,26)/t18-/m1/s1. The van der Waals surface area contributed by atoms with Crippen LogP contribution in [0.25, 0.3) is 0 Å². The van der Waals surface area contributed by atoms with E-state index in [9.17, 15) is 4.79 Å². The molecule has 156 valence electrons. The first-order valence-electron chi connectivity index (χ1n) is 10.2. The van der Waals surface area contributed by atoms with Gasteiger partial charge in [0.05, 0.1) is 0 Å². The molecule has 0 saturated heterocycles. The number of nitrogens with one attached hydrogen (secondary N) is 2. The summed E-state index contributed by atoms with van der Waals surface area (Å²) < 4.78 is -1.58. The molecule has 0 bridgehead atoms. The summed E-state index contributed by atoms with van der Waals surface area (Å²) in [5.74, 6) is -0.0750. The second-order valence-corrected chi connectivity index (χ2v) is 10.6. The number of alkyl halides is 3. The zero-order chi connectivity index (χ0) is 20.1. The maximum Gasteiger partial charge on any atom is 0.223 e. The topological polar surface area (TPSA) is 41.1 Å². The van der Waals surface area contributed by atoms with Gasteiger partial charge in [0.15, 0.2) is 0 Å². The van der Waals surface area contributed by atoms with Crippen molar-refractivity contribution >= 4 is 40.7 Å². The van der Waals surface area contributed by atoms with Crippen molar-refractivity contribution in [3.05, 3.63) is 0 Å². The van der Waals surface area contributed by atoms with Gasteiger partial charge in [-0.1, -0.05) is 106 Å². The second-order valence-electron chi connectivity index (χ2n) is 8.22. The summed E-state index contributed by atoms with van der Waals surface area (Å²) in [5.41, 5.74) is -0.265. The van der Waals surface area contributed by atoms with Gasteiger partial charge in [-0.15, -0.1) is 0 Å². The van der Waals surface area contributed by atoms with Gasteiger partial charge in [-0.05, 0) is 27.2 Å². The molecule has 0 radical (unpaired) electrons. The monoisotopic (exact) mass is 428 g/mol. The van der Waals surface area contributed by atoms with E-state index < -0.39 is 9.96 Å². The summed E-state index contributed by atoms with van der Waals surface area (Å²) in [5, 5.41) is 5.95. The van der Waals surface area contributed by atoms with Crippen LogP contribution in [0, 0.1) is 0 Å². The van der Waals surface area contributed by atoms with E-state index in [2.05, 4.69) is 17.6 Å². The van der Waals surface area contributed by atoms with Crippen LogP contribution in [0.3, 0.4) is 0 Å². The van der Waals surface area contributed by atoms with E-state index in [1.165, 1.54) is 57.8 Å². The fraction of sp³-hybridized carbons (Fsp3) is 0.950. The average molecular weight is 430 g/mol. The molecular weight excluding hydrogens is 391 g/mol. The Bertz CT molecular complexity index is 365. The lowest BCUT2D eigenvalue weighted by atomic mass is 10.1. The Labute approximate surface area is 176 Å². The molecule has 0 aromatic carbocycles. The lowest BCUT2D eigenvalue weighted by Crippen LogP contribution is -2.58. The molecule has 0 unspecified atom stereocenters. The fourth-order valence-corrected chi connectivity index (χ4v) is 3.14. The molecule has 0 aliphatic heterocycles. The third-order valence-electron chi connectivity index (χ3n) is 4.22. The van der Waals surface area contributed by atoms with Gasteiger partial charge in [0, 0.05) is 12.0 Å². The zero-order valence-electron chi connectivity index (χ0n) is 17.1. The Hall–Kier alpha value is 0.300. The minimum absolute atomic E-state index is 0.0750. The molecule has 0 heterocycles. The quantitative estimate of drug-likeness (QED) is 0.179. The highest BCUT2D eigenvalue weighted by Gasteiger charge is 2.36. The van der Waals surface area contributed by atoms with Crippen LogP contribution in [-0.4, -0.2) is 21.4 Å². The van der Waals surface area contributed by atoms with Crippen molar-refractivity contribution in [1.82, 2.24) is 10.6 Å². The Kier molecular flexibility index (Phi) is 14.5. The number of halogens is 3. The SMILES string of the molecule is CCCCCCCCCCCCCC(=O)N[C@H](NC(C)(C)C)C(Cl)(Cl)Cl. The lowest BCUT2D eigenvalue weighted by Gasteiger charge is -2.33. The molecule has 2 N–H and O–H groups in total. The van der Waals surface area contributed by atoms with Crippen LogP contribution < -0.4 is 10.6 Å². The summed E-state index contributed by atoms with van der Waals surface area (Å²) in [6.07, 6.45) is 13.6. The third kappa shape index (κ3) is 16.5. The Morgan fingerprint density at radius 2 is 1.23 bits per heavy atom. The van der Waals surface area contributed by atoms with Crippen LogP contribution in [0.15, 0.2) is 0 Å². The van der Waals surface area contributed by atoms with E-state index >= 15 is 0 Å². The number of carbonyl (C=O) groups is 1. The van der Waals surface area contributed by atoms with E-state index in [1.807, 2.05) is 20.8 Å². The normalized spacial score (nSPS) is 13.7. The smallest absolute Gasteiger partial charge is 0.223 e. The summed E-state index contributed by atoms with van der Waals surface area (Å²) in [6, 6.07) is 0. The van der Waals surface area contributed by atoms with Crippen molar-refractivity contribution in [2.75, 3.05) is 0 Å². The van der Waals surface area contributed by atoms with E-state index in [-0.39, 0.29) is 11.4 Å². The van der Waals surface area contributed by atoms with Crippen LogP contribution in [0.1, 0.15) is 105 Å². The highest BCUT2D eigenvalue weighted by atomic mass is 35.6. The predicted molar refractivity (Wildman–Crippen MR) is 116 cm³/mol. The van der Waals surface area contributed by atoms with E-state index in [0.29, 0.717) is 6.42 Å². The van der Waals surface area contributed by atoms with Gasteiger partial charge in [0.25, 0.3) is 0 Å². The summed E-state index contributed by atoms with van der Waals surface area (Å²) in [6.45, 7) is 8.14. The minimum Gasteiger partial charge on any atom is -0.337 e. The maximum absolute atomic E-state index is 12.1. The molecule has 6 heteroatoms. The molecule has 0 aliphatic rings. The van der Waals surface area contributed by atoms with Gasteiger partial charge in [-0.2, -0.15) is 0 Å². The Morgan fingerprint density at radius 1 is 0.808 bits per heavy atom. The van der Waals surface area contributed by atoms with Gasteiger partial charge >= 0.3 is 0 Å². The third-order valence-corrected chi connectivity index (χ3v) is 4.87. The number of amides is 1. The van der Waals surface area contributed by atoms with Gasteiger partial charge in [-0.25, -0.2) is 0 Å². The maximum atomic E-state index is 12.1. The van der Waals surface area contributed by atoms with Gasteiger partial charge in [-0.3, -0.25) is 10.1 Å². The van der Waals surface area contributed by atoms with Crippen LogP contribution >= 0.6 is 34.8 Å². The van der Waals surface area contributed by atoms with Crippen LogP contribution in [0.4, 0.5) is 0 Å². The first-order valence-corrected chi connectivity index (χ1v) is 11.3. The first kappa shape index (κ1) is 26.3. The van der Waals surface area contributed by atoms with Gasteiger partial charge < -0.3 is 5.32 Å². The minimum atomic E-state index is -1.58. The fourth-order valence-electron chi connectivity index (χ4n) is 2.82. The van der Waals surface area contributed by atoms with E-state index in [4.69, 9.17) is 34.8 Å². The summed E-state index contributed by atoms with van der Waals surface area (Å²) >= 11 is 17.9. The molecule has 0 aliphatic carbocycles. The highest BCUT2D eigenvalue weighted by Crippen LogP contribution is 2.30. The molecule has 0 fully saturated rings. The average Bonchev–Trinajstić information content (AvgIpc) is 2.50. The number of hydrogen-bond acceptors (Lipinski definition) is 2. The molecule has 0 saturated carbocycles. The van der Waals surface area contributed by atoms with Gasteiger partial charge in [0.1, 0.15) is 6.17 Å². The molecule has 0 spiro atoms. The van der Waals surface area contributed by atoms with Crippen molar-refractivity contribution in [3.8, 4) is 0 Å². The molecule has 26 heavy (non-hydrogen) atoms. The molecule has 1 atom stereocenters. The molecular formula is C20H39Cl3N2O. The van der Waals surface area contributed by atoms with Crippen molar-refractivity contribution in [1.29, 1.82) is 0 Å². The van der Waals surface area contributed by atoms with Crippen LogP contribution in [0.5, 0.6) is 0 Å². The van der Waals surface area contributed by atoms with Crippen molar-refractivity contribution in [2.45, 2.75) is 120 Å². The predicted octanol–water partition coefficient (Wildman–Crippen LogP) is 6.89. The Balaban J connectivity index is 3.78.